The smallest absolute Gasteiger partial charge is 0.410 e. The van der Waals surface area contributed by atoms with Crippen molar-refractivity contribution in [3.63, 3.8) is 0 Å². The summed E-state index contributed by atoms with van der Waals surface area (Å²) in [5, 5.41) is 0. The number of carbonyl (C=O) groups excluding carboxylic acids is 2. The summed E-state index contributed by atoms with van der Waals surface area (Å²) in [6.45, 7) is 5.05. The van der Waals surface area contributed by atoms with Crippen LogP contribution < -0.4 is 9.47 Å². The summed E-state index contributed by atoms with van der Waals surface area (Å²) in [5.74, 6) is 1.00. The predicted octanol–water partition coefficient (Wildman–Crippen LogP) is 1.76. The van der Waals surface area contributed by atoms with E-state index in [0.717, 1.165) is 19.6 Å². The van der Waals surface area contributed by atoms with Crippen LogP contribution in [0.1, 0.15) is 23.7 Å². The van der Waals surface area contributed by atoms with Crippen molar-refractivity contribution in [3.05, 3.63) is 23.8 Å². The first kappa shape index (κ1) is 16.6. The molecule has 130 valence electrons. The molecule has 1 aromatic carbocycles. The molecule has 0 saturated carbocycles. The molecule has 7 nitrogen and oxygen atoms in total. The van der Waals surface area contributed by atoms with Crippen LogP contribution in [0.4, 0.5) is 4.79 Å². The van der Waals surface area contributed by atoms with Crippen LogP contribution in [0.3, 0.4) is 0 Å². The Balaban J connectivity index is 1.54. The number of carbonyl (C=O) groups is 2. The lowest BCUT2D eigenvalue weighted by Gasteiger charge is -2.30. The number of ether oxygens (including phenoxy) is 3. The predicted molar refractivity (Wildman–Crippen MR) is 86.5 cm³/mol. The Morgan fingerprint density at radius 3 is 2.75 bits per heavy atom. The standard InChI is InChI=1S/C17H22N2O5/c1-12(18(2)17(21)22-9-8-19-6-3-7-19)16(20)13-4-5-14-15(10-13)24-11-23-14/h4-5,10,12H,3,6-9,11H2,1-2H3/t12-/m1/s1. The van der Waals surface area contributed by atoms with E-state index < -0.39 is 12.1 Å². The van der Waals surface area contributed by atoms with E-state index >= 15 is 0 Å². The highest BCUT2D eigenvalue weighted by Crippen LogP contribution is 2.32. The third-order valence-corrected chi connectivity index (χ3v) is 4.49. The van der Waals surface area contributed by atoms with Gasteiger partial charge in [-0.2, -0.15) is 0 Å². The van der Waals surface area contributed by atoms with Gasteiger partial charge in [0.05, 0.1) is 6.04 Å². The number of rotatable bonds is 6. The Bertz CT molecular complexity index is 629. The Labute approximate surface area is 141 Å². The van der Waals surface area contributed by atoms with E-state index in [1.54, 1.807) is 32.2 Å². The number of fused-ring (bicyclic) bond motifs is 1. The summed E-state index contributed by atoms with van der Waals surface area (Å²) in [6.07, 6.45) is 0.715. The fourth-order valence-corrected chi connectivity index (χ4v) is 2.59. The lowest BCUT2D eigenvalue weighted by molar-refractivity contribution is 0.0672. The van der Waals surface area contributed by atoms with Gasteiger partial charge in [0.2, 0.25) is 6.79 Å². The first-order valence-electron chi connectivity index (χ1n) is 8.12. The highest BCUT2D eigenvalue weighted by Gasteiger charge is 2.26. The fourth-order valence-electron chi connectivity index (χ4n) is 2.59. The van der Waals surface area contributed by atoms with Gasteiger partial charge < -0.3 is 19.1 Å². The van der Waals surface area contributed by atoms with Crippen LogP contribution in [0.2, 0.25) is 0 Å². The quantitative estimate of drug-likeness (QED) is 0.739. The fraction of sp³-hybridized carbons (Fsp3) is 0.529. The molecule has 24 heavy (non-hydrogen) atoms. The molecule has 0 aromatic heterocycles. The number of amides is 1. The number of Topliss-reactive ketones (excluding diaryl/α,β-unsaturated/α-hetero) is 1. The third kappa shape index (κ3) is 3.46. The van der Waals surface area contributed by atoms with Crippen molar-refractivity contribution in [1.82, 2.24) is 9.80 Å². The average molecular weight is 334 g/mol. The number of benzene rings is 1. The molecule has 0 aliphatic carbocycles. The SMILES string of the molecule is C[C@H](C(=O)c1ccc2c(c1)OCO2)N(C)C(=O)OCCN1CCC1. The summed E-state index contributed by atoms with van der Waals surface area (Å²) in [7, 11) is 1.57. The van der Waals surface area contributed by atoms with Gasteiger partial charge in [0.25, 0.3) is 0 Å². The van der Waals surface area contributed by atoms with Gasteiger partial charge in [-0.05, 0) is 44.6 Å². The second-order valence-corrected chi connectivity index (χ2v) is 6.03. The van der Waals surface area contributed by atoms with Crippen molar-refractivity contribution >= 4 is 11.9 Å². The molecule has 2 heterocycles. The summed E-state index contributed by atoms with van der Waals surface area (Å²) in [4.78, 5) is 28.2. The number of nitrogens with zero attached hydrogens (tertiary/aromatic N) is 2. The molecule has 0 unspecified atom stereocenters. The van der Waals surface area contributed by atoms with Crippen molar-refractivity contribution in [1.29, 1.82) is 0 Å². The minimum Gasteiger partial charge on any atom is -0.454 e. The number of hydrogen-bond acceptors (Lipinski definition) is 6. The summed E-state index contributed by atoms with van der Waals surface area (Å²) in [6, 6.07) is 4.40. The van der Waals surface area contributed by atoms with Crippen molar-refractivity contribution in [3.8, 4) is 11.5 Å². The molecule has 1 amide bonds. The zero-order valence-electron chi connectivity index (χ0n) is 14.0. The zero-order valence-corrected chi connectivity index (χ0v) is 14.0. The van der Waals surface area contributed by atoms with Gasteiger partial charge in [-0.25, -0.2) is 4.79 Å². The molecular formula is C17H22N2O5. The number of likely N-dealkylation sites (tertiary alicyclic amines) is 1. The monoisotopic (exact) mass is 334 g/mol. The topological polar surface area (TPSA) is 68.3 Å². The Morgan fingerprint density at radius 2 is 2.04 bits per heavy atom. The minimum atomic E-state index is -0.623. The molecule has 1 fully saturated rings. The molecule has 1 saturated heterocycles. The van der Waals surface area contributed by atoms with E-state index in [1.165, 1.54) is 11.3 Å². The van der Waals surface area contributed by atoms with Crippen LogP contribution in [0.5, 0.6) is 11.5 Å². The van der Waals surface area contributed by atoms with Crippen LogP contribution in [0, 0.1) is 0 Å². The van der Waals surface area contributed by atoms with Crippen molar-refractivity contribution in [2.75, 3.05) is 40.1 Å². The minimum absolute atomic E-state index is 0.159. The summed E-state index contributed by atoms with van der Waals surface area (Å²) in [5.41, 5.74) is 0.479. The highest BCUT2D eigenvalue weighted by atomic mass is 16.7. The van der Waals surface area contributed by atoms with Crippen molar-refractivity contribution in [2.24, 2.45) is 0 Å². The highest BCUT2D eigenvalue weighted by molar-refractivity contribution is 6.01. The zero-order chi connectivity index (χ0) is 17.1. The molecular weight excluding hydrogens is 312 g/mol. The van der Waals surface area contributed by atoms with Gasteiger partial charge in [0.1, 0.15) is 6.61 Å². The van der Waals surface area contributed by atoms with Gasteiger partial charge in [0, 0.05) is 19.2 Å². The maximum absolute atomic E-state index is 12.6. The normalized spacial score (nSPS) is 17.1. The number of ketones is 1. The van der Waals surface area contributed by atoms with E-state index in [4.69, 9.17) is 14.2 Å². The molecule has 7 heteroatoms. The molecule has 1 atom stereocenters. The molecule has 0 bridgehead atoms. The van der Waals surface area contributed by atoms with E-state index in [2.05, 4.69) is 4.90 Å². The van der Waals surface area contributed by atoms with Crippen LogP contribution in [-0.4, -0.2) is 67.8 Å². The van der Waals surface area contributed by atoms with E-state index in [9.17, 15) is 9.59 Å². The van der Waals surface area contributed by atoms with Crippen LogP contribution in [0.25, 0.3) is 0 Å². The number of hydrogen-bond donors (Lipinski definition) is 0. The van der Waals surface area contributed by atoms with Gasteiger partial charge in [-0.15, -0.1) is 0 Å². The second kappa shape index (κ2) is 7.09. The molecule has 0 spiro atoms. The lowest BCUT2D eigenvalue weighted by Crippen LogP contribution is -2.43. The Morgan fingerprint density at radius 1 is 1.29 bits per heavy atom. The maximum atomic E-state index is 12.6. The van der Waals surface area contributed by atoms with Crippen molar-refractivity contribution in [2.45, 2.75) is 19.4 Å². The third-order valence-electron chi connectivity index (χ3n) is 4.49. The van der Waals surface area contributed by atoms with Gasteiger partial charge in [-0.1, -0.05) is 0 Å². The first-order valence-corrected chi connectivity index (χ1v) is 8.12. The molecule has 2 aliphatic rings. The number of likely N-dealkylation sites (N-methyl/N-ethyl adjacent to an activating group) is 1. The van der Waals surface area contributed by atoms with Crippen LogP contribution in [0.15, 0.2) is 18.2 Å². The van der Waals surface area contributed by atoms with E-state index in [0.29, 0.717) is 23.7 Å². The van der Waals surface area contributed by atoms with Crippen molar-refractivity contribution < 1.29 is 23.8 Å². The molecule has 2 aliphatic heterocycles. The molecule has 3 rings (SSSR count). The second-order valence-electron chi connectivity index (χ2n) is 6.03. The molecule has 0 radical (unpaired) electrons. The van der Waals surface area contributed by atoms with Gasteiger partial charge in [0.15, 0.2) is 17.3 Å². The first-order chi connectivity index (χ1) is 11.6. The Kier molecular flexibility index (Phi) is 4.89. The summed E-state index contributed by atoms with van der Waals surface area (Å²) >= 11 is 0. The van der Waals surface area contributed by atoms with Crippen LogP contribution in [-0.2, 0) is 4.74 Å². The van der Waals surface area contributed by atoms with Crippen LogP contribution >= 0.6 is 0 Å². The maximum Gasteiger partial charge on any atom is 0.410 e. The lowest BCUT2D eigenvalue weighted by atomic mass is 10.0. The molecule has 0 N–H and O–H groups in total. The summed E-state index contributed by atoms with van der Waals surface area (Å²) < 4.78 is 15.8. The van der Waals surface area contributed by atoms with Gasteiger partial charge >= 0.3 is 6.09 Å². The Hall–Kier alpha value is -2.28. The van der Waals surface area contributed by atoms with Gasteiger partial charge in [-0.3, -0.25) is 9.69 Å². The van der Waals surface area contributed by atoms with E-state index in [1.807, 2.05) is 0 Å². The average Bonchev–Trinajstić information content (AvgIpc) is 3.02. The largest absolute Gasteiger partial charge is 0.454 e. The van der Waals surface area contributed by atoms with E-state index in [-0.39, 0.29) is 12.6 Å². The molecule has 1 aromatic rings.